The molecule has 0 radical (unpaired) electrons. The topological polar surface area (TPSA) is 88.1 Å². The fourth-order valence-corrected chi connectivity index (χ4v) is 4.93. The second-order valence-electron chi connectivity index (χ2n) is 7.61. The van der Waals surface area contributed by atoms with Gasteiger partial charge in [0.05, 0.1) is 18.1 Å². The lowest BCUT2D eigenvalue weighted by Crippen LogP contribution is -2.49. The first kappa shape index (κ1) is 20.7. The van der Waals surface area contributed by atoms with Crippen LogP contribution in [0.5, 0.6) is 11.5 Å². The molecule has 0 atom stereocenters. The van der Waals surface area contributed by atoms with E-state index in [-0.39, 0.29) is 4.90 Å². The van der Waals surface area contributed by atoms with Crippen molar-refractivity contribution in [1.82, 2.24) is 14.3 Å². The first-order valence-electron chi connectivity index (χ1n) is 10.0. The molecule has 1 fully saturated rings. The van der Waals surface area contributed by atoms with Crippen LogP contribution in [0.4, 0.5) is 11.8 Å². The van der Waals surface area contributed by atoms with Gasteiger partial charge in [0, 0.05) is 64.5 Å². The fourth-order valence-electron chi connectivity index (χ4n) is 3.49. The monoisotopic (exact) mass is 433 g/mol. The molecule has 0 spiro atoms. The summed E-state index contributed by atoms with van der Waals surface area (Å²) in [5.41, 5.74) is 0.881. The van der Waals surface area contributed by atoms with Gasteiger partial charge in [0.25, 0.3) is 0 Å². The van der Waals surface area contributed by atoms with Gasteiger partial charge in [0.1, 0.15) is 5.82 Å². The molecule has 1 saturated heterocycles. The number of sulfonamides is 1. The molecule has 0 unspecified atom stereocenters. The third-order valence-corrected chi connectivity index (χ3v) is 7.06. The highest BCUT2D eigenvalue weighted by Crippen LogP contribution is 2.33. The third kappa shape index (κ3) is 4.15. The molecule has 10 heteroatoms. The predicted octanol–water partition coefficient (Wildman–Crippen LogP) is 1.52. The molecule has 0 bridgehead atoms. The van der Waals surface area contributed by atoms with E-state index in [1.165, 1.54) is 4.31 Å². The summed E-state index contributed by atoms with van der Waals surface area (Å²) in [6.07, 6.45) is 0.773. The number of fused-ring (bicyclic) bond motifs is 1. The van der Waals surface area contributed by atoms with Crippen LogP contribution in [0.3, 0.4) is 0 Å². The lowest BCUT2D eigenvalue weighted by Gasteiger charge is -2.34. The van der Waals surface area contributed by atoms with Crippen molar-refractivity contribution in [3.05, 3.63) is 30.0 Å². The van der Waals surface area contributed by atoms with Crippen LogP contribution < -0.4 is 19.3 Å². The van der Waals surface area contributed by atoms with Crippen molar-refractivity contribution in [1.29, 1.82) is 0 Å². The van der Waals surface area contributed by atoms with E-state index in [1.807, 2.05) is 36.9 Å². The number of hydrogen-bond donors (Lipinski definition) is 0. The summed E-state index contributed by atoms with van der Waals surface area (Å²) in [5.74, 6) is 2.53. The molecule has 1 aromatic heterocycles. The lowest BCUT2D eigenvalue weighted by molar-refractivity contribution is 0.296. The summed E-state index contributed by atoms with van der Waals surface area (Å²) in [5, 5.41) is 0. The van der Waals surface area contributed by atoms with Crippen LogP contribution in [0.25, 0.3) is 0 Å². The van der Waals surface area contributed by atoms with Crippen molar-refractivity contribution in [3.8, 4) is 11.5 Å². The number of aryl methyl sites for hydroxylation is 1. The second kappa shape index (κ2) is 8.27. The third-order valence-electron chi connectivity index (χ3n) is 5.17. The summed E-state index contributed by atoms with van der Waals surface area (Å²) >= 11 is 0. The van der Waals surface area contributed by atoms with Crippen LogP contribution >= 0.6 is 0 Å². The zero-order valence-corrected chi connectivity index (χ0v) is 18.4. The Morgan fingerprint density at radius 2 is 1.67 bits per heavy atom. The number of piperazine rings is 1. The van der Waals surface area contributed by atoms with E-state index in [9.17, 15) is 8.42 Å². The minimum atomic E-state index is -3.62. The van der Waals surface area contributed by atoms with Crippen molar-refractivity contribution < 1.29 is 17.9 Å². The van der Waals surface area contributed by atoms with Crippen LogP contribution in [0, 0.1) is 6.92 Å². The van der Waals surface area contributed by atoms with E-state index < -0.39 is 10.0 Å². The highest BCUT2D eigenvalue weighted by molar-refractivity contribution is 7.89. The molecule has 0 N–H and O–H groups in total. The van der Waals surface area contributed by atoms with Gasteiger partial charge in [0.2, 0.25) is 16.0 Å². The second-order valence-corrected chi connectivity index (χ2v) is 9.55. The number of rotatable bonds is 4. The Balaban J connectivity index is 1.49. The van der Waals surface area contributed by atoms with Crippen molar-refractivity contribution in [3.63, 3.8) is 0 Å². The van der Waals surface area contributed by atoms with Crippen LogP contribution in [-0.4, -0.2) is 76.2 Å². The highest BCUT2D eigenvalue weighted by atomic mass is 32.2. The van der Waals surface area contributed by atoms with E-state index >= 15 is 0 Å². The van der Waals surface area contributed by atoms with Gasteiger partial charge in [-0.15, -0.1) is 0 Å². The van der Waals surface area contributed by atoms with Crippen molar-refractivity contribution in [2.24, 2.45) is 0 Å². The lowest BCUT2D eigenvalue weighted by atomic mass is 10.3. The number of aromatic nitrogens is 2. The van der Waals surface area contributed by atoms with Crippen LogP contribution in [-0.2, 0) is 10.0 Å². The first-order valence-corrected chi connectivity index (χ1v) is 11.5. The Labute approximate surface area is 177 Å². The Bertz CT molecular complexity index is 1020. The van der Waals surface area contributed by atoms with Gasteiger partial charge in [-0.05, 0) is 19.1 Å². The number of benzene rings is 1. The van der Waals surface area contributed by atoms with E-state index in [2.05, 4.69) is 9.97 Å². The quantitative estimate of drug-likeness (QED) is 0.717. The van der Waals surface area contributed by atoms with E-state index in [0.29, 0.717) is 56.8 Å². The van der Waals surface area contributed by atoms with Gasteiger partial charge in [-0.1, -0.05) is 0 Å². The van der Waals surface area contributed by atoms with E-state index in [0.717, 1.165) is 17.9 Å². The standard InChI is InChI=1S/C20H27N5O4S/c1-15-13-19(23(2)3)22-20(21-15)24-7-9-25(10-8-24)30(26,27)16-5-6-17-18(14-16)29-12-4-11-28-17/h5-6,13-14H,4,7-12H2,1-3H3. The largest absolute Gasteiger partial charge is 0.490 e. The number of ether oxygens (including phenoxy) is 2. The Hall–Kier alpha value is -2.59. The molecule has 30 heavy (non-hydrogen) atoms. The highest BCUT2D eigenvalue weighted by Gasteiger charge is 2.30. The van der Waals surface area contributed by atoms with Crippen LogP contribution in [0.2, 0.25) is 0 Å². The van der Waals surface area contributed by atoms with Crippen molar-refractivity contribution >= 4 is 21.8 Å². The van der Waals surface area contributed by atoms with Gasteiger partial charge >= 0.3 is 0 Å². The molecular weight excluding hydrogens is 406 g/mol. The zero-order chi connectivity index (χ0) is 21.3. The minimum absolute atomic E-state index is 0.224. The molecule has 2 aliphatic heterocycles. The number of anilines is 2. The Morgan fingerprint density at radius 3 is 2.37 bits per heavy atom. The van der Waals surface area contributed by atoms with Crippen molar-refractivity contribution in [2.45, 2.75) is 18.2 Å². The van der Waals surface area contributed by atoms with Gasteiger partial charge in [-0.25, -0.2) is 13.4 Å². The van der Waals surface area contributed by atoms with Gasteiger partial charge in [-0.3, -0.25) is 0 Å². The molecule has 4 rings (SSSR count). The SMILES string of the molecule is Cc1cc(N(C)C)nc(N2CCN(S(=O)(=O)c3ccc4c(c3)OCCCO4)CC2)n1. The zero-order valence-electron chi connectivity index (χ0n) is 17.5. The maximum absolute atomic E-state index is 13.2. The molecule has 3 heterocycles. The number of nitrogens with zero attached hydrogens (tertiary/aromatic N) is 5. The summed E-state index contributed by atoms with van der Waals surface area (Å²) in [6.45, 7) is 4.80. The van der Waals surface area contributed by atoms with Crippen LogP contribution in [0.15, 0.2) is 29.2 Å². The molecular formula is C20H27N5O4S. The Morgan fingerprint density at radius 1 is 0.967 bits per heavy atom. The Kier molecular flexibility index (Phi) is 5.70. The first-order chi connectivity index (χ1) is 14.3. The smallest absolute Gasteiger partial charge is 0.243 e. The fraction of sp³-hybridized carbons (Fsp3) is 0.500. The average Bonchev–Trinajstić information content (AvgIpc) is 2.98. The van der Waals surface area contributed by atoms with Gasteiger partial charge in [-0.2, -0.15) is 9.29 Å². The molecule has 0 amide bonds. The summed E-state index contributed by atoms with van der Waals surface area (Å²) in [4.78, 5) is 13.3. The minimum Gasteiger partial charge on any atom is -0.490 e. The molecule has 0 saturated carbocycles. The summed E-state index contributed by atoms with van der Waals surface area (Å²) in [6, 6.07) is 6.75. The number of hydrogen-bond acceptors (Lipinski definition) is 8. The summed E-state index contributed by atoms with van der Waals surface area (Å²) < 4.78 is 39.1. The van der Waals surface area contributed by atoms with E-state index in [4.69, 9.17) is 9.47 Å². The van der Waals surface area contributed by atoms with E-state index in [1.54, 1.807) is 18.2 Å². The van der Waals surface area contributed by atoms with Gasteiger partial charge < -0.3 is 19.3 Å². The van der Waals surface area contributed by atoms with Gasteiger partial charge in [0.15, 0.2) is 11.5 Å². The van der Waals surface area contributed by atoms with Crippen molar-refractivity contribution in [2.75, 3.05) is 63.3 Å². The molecule has 9 nitrogen and oxygen atoms in total. The molecule has 2 aromatic rings. The maximum atomic E-state index is 13.2. The molecule has 1 aromatic carbocycles. The summed E-state index contributed by atoms with van der Waals surface area (Å²) in [7, 11) is 0.251. The normalized spacial score (nSPS) is 17.5. The molecule has 162 valence electrons. The average molecular weight is 434 g/mol. The maximum Gasteiger partial charge on any atom is 0.243 e. The predicted molar refractivity (Wildman–Crippen MR) is 114 cm³/mol. The van der Waals surface area contributed by atoms with Crippen LogP contribution in [0.1, 0.15) is 12.1 Å². The molecule has 2 aliphatic rings. The molecule has 0 aliphatic carbocycles.